The molecule has 0 spiro atoms. The van der Waals surface area contributed by atoms with Gasteiger partial charge in [0.05, 0.1) is 10.5 Å². The monoisotopic (exact) mass is 403 g/mol. The van der Waals surface area contributed by atoms with Gasteiger partial charge in [0.2, 0.25) is 5.88 Å². The maximum absolute atomic E-state index is 13.7. The van der Waals surface area contributed by atoms with Crippen LogP contribution in [0.4, 0.5) is 13.6 Å². The van der Waals surface area contributed by atoms with Gasteiger partial charge in [-0.3, -0.25) is 0 Å². The molecule has 1 amide bonds. The second-order valence-corrected chi connectivity index (χ2v) is 6.88. The topological polar surface area (TPSA) is 69.9 Å². The van der Waals surface area contributed by atoms with Gasteiger partial charge in [0, 0.05) is 34.6 Å². The first kappa shape index (κ1) is 18.3. The second-order valence-electron chi connectivity index (χ2n) is 6.47. The number of carbonyl (C=O) groups excluding carboxylic acids is 1. The molecule has 2 aromatic carbocycles. The number of benzene rings is 2. The highest BCUT2D eigenvalue weighted by molar-refractivity contribution is 6.35. The molecule has 5 nitrogen and oxygen atoms in total. The summed E-state index contributed by atoms with van der Waals surface area (Å²) in [6.07, 6.45) is -0.174. The van der Waals surface area contributed by atoms with Crippen molar-refractivity contribution in [2.45, 2.75) is 13.3 Å². The normalized spacial score (nSPS) is 11.3. The molecule has 28 heavy (non-hydrogen) atoms. The van der Waals surface area contributed by atoms with Crippen molar-refractivity contribution in [2.75, 3.05) is 6.54 Å². The van der Waals surface area contributed by atoms with Gasteiger partial charge in [0.15, 0.2) is 0 Å². The molecule has 0 fully saturated rings. The zero-order valence-corrected chi connectivity index (χ0v) is 15.6. The van der Waals surface area contributed by atoms with Gasteiger partial charge in [-0.05, 0) is 49.2 Å². The number of aromatic amines is 2. The van der Waals surface area contributed by atoms with E-state index in [1.54, 1.807) is 12.1 Å². The minimum absolute atomic E-state index is 0.218. The van der Waals surface area contributed by atoms with Crippen LogP contribution >= 0.6 is 11.6 Å². The Hall–Kier alpha value is -3.06. The van der Waals surface area contributed by atoms with Crippen LogP contribution in [0.3, 0.4) is 0 Å². The summed E-state index contributed by atoms with van der Waals surface area (Å²) in [4.78, 5) is 18.1. The van der Waals surface area contributed by atoms with Gasteiger partial charge < -0.3 is 20.0 Å². The average Bonchev–Trinajstić information content (AvgIpc) is 3.15. The molecule has 4 rings (SSSR count). The van der Waals surface area contributed by atoms with Crippen LogP contribution in [0.25, 0.3) is 21.8 Å². The number of carbonyl (C=O) groups is 1. The SMILES string of the molecule is Cc1[nH]c2c(Cl)cc(F)cc2c1CCNC(=O)Oc1cc2cc(F)ccc2[nH]1. The molecule has 3 N–H and O–H groups in total. The summed E-state index contributed by atoms with van der Waals surface area (Å²) in [6, 6.07) is 8.46. The number of aryl methyl sites for hydroxylation is 1. The molecule has 0 atom stereocenters. The molecule has 0 aliphatic rings. The highest BCUT2D eigenvalue weighted by Crippen LogP contribution is 2.29. The number of rotatable bonds is 4. The van der Waals surface area contributed by atoms with Crippen molar-refractivity contribution in [3.05, 3.63) is 64.3 Å². The predicted molar refractivity (Wildman–Crippen MR) is 104 cm³/mol. The number of H-pyrrole nitrogens is 2. The van der Waals surface area contributed by atoms with Crippen molar-refractivity contribution in [2.24, 2.45) is 0 Å². The van der Waals surface area contributed by atoms with Crippen molar-refractivity contribution in [1.29, 1.82) is 0 Å². The molecule has 0 saturated carbocycles. The van der Waals surface area contributed by atoms with Gasteiger partial charge >= 0.3 is 6.09 Å². The van der Waals surface area contributed by atoms with E-state index in [0.29, 0.717) is 33.2 Å². The van der Waals surface area contributed by atoms with E-state index in [4.69, 9.17) is 16.3 Å². The van der Waals surface area contributed by atoms with E-state index in [0.717, 1.165) is 11.3 Å². The molecular weight excluding hydrogens is 388 g/mol. The highest BCUT2D eigenvalue weighted by Gasteiger charge is 2.13. The third-order valence-corrected chi connectivity index (χ3v) is 4.85. The number of aromatic nitrogens is 2. The zero-order chi connectivity index (χ0) is 19.8. The molecule has 0 unspecified atom stereocenters. The highest BCUT2D eigenvalue weighted by atomic mass is 35.5. The molecule has 0 radical (unpaired) electrons. The first-order valence-corrected chi connectivity index (χ1v) is 8.98. The Balaban J connectivity index is 1.41. The third-order valence-electron chi connectivity index (χ3n) is 4.55. The zero-order valence-electron chi connectivity index (χ0n) is 14.8. The van der Waals surface area contributed by atoms with Gasteiger partial charge in [-0.25, -0.2) is 13.6 Å². The molecule has 0 aliphatic carbocycles. The summed E-state index contributed by atoms with van der Waals surface area (Å²) in [5.41, 5.74) is 3.06. The number of halogens is 3. The van der Waals surface area contributed by atoms with E-state index >= 15 is 0 Å². The molecule has 2 heterocycles. The Morgan fingerprint density at radius 3 is 2.79 bits per heavy atom. The van der Waals surface area contributed by atoms with E-state index in [1.807, 2.05) is 6.92 Å². The second kappa shape index (κ2) is 7.16. The van der Waals surface area contributed by atoms with E-state index in [9.17, 15) is 13.6 Å². The molecule has 4 aromatic rings. The summed E-state index contributed by atoms with van der Waals surface area (Å²) >= 11 is 6.08. The fourth-order valence-electron chi connectivity index (χ4n) is 3.28. The van der Waals surface area contributed by atoms with Gasteiger partial charge in [0.25, 0.3) is 0 Å². The molecule has 0 bridgehead atoms. The van der Waals surface area contributed by atoms with Crippen molar-refractivity contribution in [1.82, 2.24) is 15.3 Å². The van der Waals surface area contributed by atoms with E-state index in [-0.39, 0.29) is 18.2 Å². The fourth-order valence-corrected chi connectivity index (χ4v) is 3.54. The van der Waals surface area contributed by atoms with Crippen molar-refractivity contribution in [3.63, 3.8) is 0 Å². The minimum Gasteiger partial charge on any atom is -0.393 e. The van der Waals surface area contributed by atoms with Crippen molar-refractivity contribution >= 4 is 39.5 Å². The van der Waals surface area contributed by atoms with Crippen molar-refractivity contribution < 1.29 is 18.3 Å². The smallest absolute Gasteiger partial charge is 0.393 e. The van der Waals surface area contributed by atoms with E-state index in [1.165, 1.54) is 24.3 Å². The summed E-state index contributed by atoms with van der Waals surface area (Å²) in [7, 11) is 0. The minimum atomic E-state index is -0.645. The lowest BCUT2D eigenvalue weighted by Gasteiger charge is -2.06. The number of hydrogen-bond acceptors (Lipinski definition) is 2. The summed E-state index contributed by atoms with van der Waals surface area (Å²) in [5.74, 6) is -0.566. The third kappa shape index (κ3) is 3.53. The lowest BCUT2D eigenvalue weighted by atomic mass is 10.1. The van der Waals surface area contributed by atoms with Crippen LogP contribution in [0, 0.1) is 18.6 Å². The quantitative estimate of drug-likeness (QED) is 0.437. The fraction of sp³-hybridized carbons (Fsp3) is 0.150. The maximum atomic E-state index is 13.7. The Morgan fingerprint density at radius 1 is 1.14 bits per heavy atom. The van der Waals surface area contributed by atoms with Crippen LogP contribution in [0.5, 0.6) is 5.88 Å². The molecule has 0 saturated heterocycles. The van der Waals surface area contributed by atoms with Crippen LogP contribution in [0.1, 0.15) is 11.3 Å². The first-order valence-electron chi connectivity index (χ1n) is 8.61. The lowest BCUT2D eigenvalue weighted by molar-refractivity contribution is 0.199. The van der Waals surface area contributed by atoms with E-state index in [2.05, 4.69) is 15.3 Å². The van der Waals surface area contributed by atoms with Crippen LogP contribution in [0.2, 0.25) is 5.02 Å². The molecule has 144 valence electrons. The number of nitrogens with one attached hydrogen (secondary N) is 3. The van der Waals surface area contributed by atoms with Gasteiger partial charge in [0.1, 0.15) is 11.6 Å². The summed E-state index contributed by atoms with van der Waals surface area (Å²) in [6.45, 7) is 2.15. The Morgan fingerprint density at radius 2 is 1.96 bits per heavy atom. The largest absolute Gasteiger partial charge is 0.413 e. The van der Waals surface area contributed by atoms with Gasteiger partial charge in [-0.2, -0.15) is 0 Å². The van der Waals surface area contributed by atoms with Crippen LogP contribution < -0.4 is 10.1 Å². The van der Waals surface area contributed by atoms with Crippen LogP contribution in [-0.4, -0.2) is 22.6 Å². The van der Waals surface area contributed by atoms with E-state index < -0.39 is 11.9 Å². The first-order chi connectivity index (χ1) is 13.4. The Kier molecular flexibility index (Phi) is 4.68. The summed E-state index contributed by atoms with van der Waals surface area (Å²) in [5, 5.41) is 4.26. The van der Waals surface area contributed by atoms with Crippen LogP contribution in [0.15, 0.2) is 36.4 Å². The molecular formula is C20H16ClF2N3O2. The maximum Gasteiger partial charge on any atom is 0.413 e. The number of ether oxygens (including phenoxy) is 1. The Labute approximate surface area is 163 Å². The average molecular weight is 404 g/mol. The molecule has 8 heteroatoms. The van der Waals surface area contributed by atoms with Crippen molar-refractivity contribution in [3.8, 4) is 5.88 Å². The Bertz CT molecular complexity index is 1200. The number of fused-ring (bicyclic) bond motifs is 2. The van der Waals surface area contributed by atoms with Gasteiger partial charge in [-0.1, -0.05) is 11.6 Å². The van der Waals surface area contributed by atoms with Gasteiger partial charge in [-0.15, -0.1) is 0 Å². The lowest BCUT2D eigenvalue weighted by Crippen LogP contribution is -2.28. The standard InChI is InChI=1S/C20H16ClF2N3O2/c1-10-14(15-8-13(23)9-16(21)19(15)25-10)4-5-24-20(27)28-18-7-11-6-12(22)2-3-17(11)26-18/h2-3,6-9,25-26H,4-5H2,1H3,(H,24,27). The number of amides is 1. The predicted octanol–water partition coefficient (Wildman–Crippen LogP) is 5.22. The summed E-state index contributed by atoms with van der Waals surface area (Å²) < 4.78 is 32.1. The molecule has 0 aliphatic heterocycles. The number of hydrogen-bond donors (Lipinski definition) is 3. The van der Waals surface area contributed by atoms with Crippen LogP contribution in [-0.2, 0) is 6.42 Å². The molecule has 2 aromatic heterocycles.